The van der Waals surface area contributed by atoms with Crippen molar-refractivity contribution in [1.29, 1.82) is 0 Å². The molecule has 7 rings (SSSR count). The number of fused-ring (bicyclic) bond motifs is 2. The molecular formula is C24H26N4O3. The van der Waals surface area contributed by atoms with Crippen LogP contribution in [-0.2, 0) is 10.2 Å². The van der Waals surface area contributed by atoms with Gasteiger partial charge in [-0.3, -0.25) is 9.59 Å². The SMILES string of the molecule is O=C1COc2cc(C(=O)N[C@H]3C4CN5CCN(C4)CC3(c3ccccc3)C5)ccc2N1. The minimum Gasteiger partial charge on any atom is -0.482 e. The fourth-order valence-electron chi connectivity index (χ4n) is 6.01. The Morgan fingerprint density at radius 1 is 1.06 bits per heavy atom. The Balaban J connectivity index is 1.33. The number of rotatable bonds is 3. The Morgan fingerprint density at radius 2 is 1.81 bits per heavy atom. The third-order valence-corrected chi connectivity index (χ3v) is 7.31. The van der Waals surface area contributed by atoms with Gasteiger partial charge >= 0.3 is 0 Å². The Bertz CT molecular complexity index is 1020. The summed E-state index contributed by atoms with van der Waals surface area (Å²) in [5, 5.41) is 6.20. The molecule has 2 aromatic carbocycles. The van der Waals surface area contributed by atoms with E-state index in [0.717, 1.165) is 39.3 Å². The molecule has 2 amide bonds. The highest BCUT2D eigenvalue weighted by Crippen LogP contribution is 2.43. The Morgan fingerprint density at radius 3 is 2.55 bits per heavy atom. The first-order valence-electron chi connectivity index (χ1n) is 11.0. The fraction of sp³-hybridized carbons (Fsp3) is 0.417. The molecule has 4 saturated heterocycles. The molecule has 2 aromatic rings. The zero-order valence-corrected chi connectivity index (χ0v) is 17.3. The highest BCUT2D eigenvalue weighted by Gasteiger charge is 2.55. The van der Waals surface area contributed by atoms with Crippen molar-refractivity contribution in [3.8, 4) is 5.75 Å². The molecule has 160 valence electrons. The molecule has 0 aromatic heterocycles. The maximum atomic E-state index is 13.4. The van der Waals surface area contributed by atoms with Crippen LogP contribution in [-0.4, -0.2) is 73.5 Å². The lowest BCUT2D eigenvalue weighted by Crippen LogP contribution is -2.70. The zero-order valence-electron chi connectivity index (χ0n) is 17.3. The van der Waals surface area contributed by atoms with Gasteiger partial charge in [-0.1, -0.05) is 30.3 Å². The van der Waals surface area contributed by atoms with Gasteiger partial charge in [-0.15, -0.1) is 0 Å². The maximum Gasteiger partial charge on any atom is 0.262 e. The van der Waals surface area contributed by atoms with Crippen molar-refractivity contribution in [2.45, 2.75) is 11.5 Å². The van der Waals surface area contributed by atoms with E-state index in [0.29, 0.717) is 22.9 Å². The van der Waals surface area contributed by atoms with E-state index in [1.807, 2.05) is 0 Å². The summed E-state index contributed by atoms with van der Waals surface area (Å²) in [6.45, 7) is 6.15. The largest absolute Gasteiger partial charge is 0.482 e. The van der Waals surface area contributed by atoms with E-state index in [2.05, 4.69) is 50.8 Å². The van der Waals surface area contributed by atoms with E-state index in [1.54, 1.807) is 18.2 Å². The summed E-state index contributed by atoms with van der Waals surface area (Å²) in [6.07, 6.45) is 0. The fourth-order valence-corrected chi connectivity index (χ4v) is 6.01. The van der Waals surface area contributed by atoms with Crippen molar-refractivity contribution in [3.05, 3.63) is 59.7 Å². The number of piperidine rings is 2. The predicted molar refractivity (Wildman–Crippen MR) is 116 cm³/mol. The zero-order chi connectivity index (χ0) is 21.0. The summed E-state index contributed by atoms with van der Waals surface area (Å²) in [5.41, 5.74) is 2.36. The van der Waals surface area contributed by atoms with Crippen molar-refractivity contribution in [2.24, 2.45) is 5.92 Å². The van der Waals surface area contributed by atoms with Crippen LogP contribution >= 0.6 is 0 Å². The van der Waals surface area contributed by atoms with Crippen molar-refractivity contribution in [3.63, 3.8) is 0 Å². The van der Waals surface area contributed by atoms with E-state index in [9.17, 15) is 9.59 Å². The van der Waals surface area contributed by atoms with Crippen LogP contribution in [0.3, 0.4) is 0 Å². The van der Waals surface area contributed by atoms with Gasteiger partial charge in [0, 0.05) is 62.2 Å². The number of hydrogen-bond donors (Lipinski definition) is 2. The Labute approximate surface area is 181 Å². The lowest BCUT2D eigenvalue weighted by Gasteiger charge is -2.55. The molecule has 4 fully saturated rings. The van der Waals surface area contributed by atoms with Crippen LogP contribution in [0.25, 0.3) is 0 Å². The molecule has 2 N–H and O–H groups in total. The first-order valence-corrected chi connectivity index (χ1v) is 11.0. The molecule has 7 nitrogen and oxygen atoms in total. The van der Waals surface area contributed by atoms with Crippen LogP contribution in [0, 0.1) is 5.92 Å². The molecule has 4 bridgehead atoms. The molecule has 5 aliphatic rings. The van der Waals surface area contributed by atoms with Gasteiger partial charge in [-0.05, 0) is 23.8 Å². The predicted octanol–water partition coefficient (Wildman–Crippen LogP) is 1.31. The van der Waals surface area contributed by atoms with Crippen LogP contribution in [0.15, 0.2) is 48.5 Å². The second kappa shape index (κ2) is 7.07. The van der Waals surface area contributed by atoms with Gasteiger partial charge in [0.2, 0.25) is 0 Å². The molecule has 0 radical (unpaired) electrons. The average molecular weight is 418 g/mol. The summed E-state index contributed by atoms with van der Waals surface area (Å²) in [5.74, 6) is 0.676. The second-order valence-electron chi connectivity index (χ2n) is 9.25. The molecular weight excluding hydrogens is 392 g/mol. The molecule has 5 heterocycles. The molecule has 0 saturated carbocycles. The summed E-state index contributed by atoms with van der Waals surface area (Å²) in [7, 11) is 0. The number of nitrogens with one attached hydrogen (secondary N) is 2. The van der Waals surface area contributed by atoms with Crippen LogP contribution in [0.5, 0.6) is 5.75 Å². The summed E-state index contributed by atoms with van der Waals surface area (Å²) >= 11 is 0. The minimum absolute atomic E-state index is 0.0223. The van der Waals surface area contributed by atoms with Crippen LogP contribution in [0.2, 0.25) is 0 Å². The lowest BCUT2D eigenvalue weighted by molar-refractivity contribution is -0.118. The monoisotopic (exact) mass is 418 g/mol. The molecule has 0 spiro atoms. The minimum atomic E-state index is -0.177. The van der Waals surface area contributed by atoms with Gasteiger partial charge in [0.25, 0.3) is 11.8 Å². The number of carbonyl (C=O) groups is 2. The summed E-state index contributed by atoms with van der Waals surface area (Å²) in [4.78, 5) is 30.0. The molecule has 2 unspecified atom stereocenters. The third-order valence-electron chi connectivity index (χ3n) is 7.31. The first-order chi connectivity index (χ1) is 15.1. The van der Waals surface area contributed by atoms with Crippen LogP contribution < -0.4 is 15.4 Å². The van der Waals surface area contributed by atoms with Crippen molar-refractivity contribution >= 4 is 17.5 Å². The van der Waals surface area contributed by atoms with Crippen molar-refractivity contribution in [1.82, 2.24) is 15.1 Å². The molecule has 7 heteroatoms. The Hall–Kier alpha value is -2.90. The number of amides is 2. The highest BCUT2D eigenvalue weighted by molar-refractivity contribution is 5.99. The van der Waals surface area contributed by atoms with Crippen molar-refractivity contribution in [2.75, 3.05) is 51.2 Å². The van der Waals surface area contributed by atoms with Gasteiger partial charge in [0.1, 0.15) is 5.75 Å². The number of nitrogens with zero attached hydrogens (tertiary/aromatic N) is 2. The van der Waals surface area contributed by atoms with Gasteiger partial charge in [0.05, 0.1) is 5.69 Å². The molecule has 5 aliphatic heterocycles. The van der Waals surface area contributed by atoms with E-state index in [4.69, 9.17) is 4.74 Å². The topological polar surface area (TPSA) is 73.9 Å². The normalized spacial score (nSPS) is 33.1. The molecule has 0 aliphatic carbocycles. The molecule has 3 atom stereocenters. The summed E-state index contributed by atoms with van der Waals surface area (Å²) in [6, 6.07) is 16.0. The average Bonchev–Trinajstić information content (AvgIpc) is 3.04. The van der Waals surface area contributed by atoms with Gasteiger partial charge in [0.15, 0.2) is 6.61 Å². The van der Waals surface area contributed by atoms with Gasteiger partial charge in [-0.2, -0.15) is 0 Å². The standard InChI is InChI=1S/C24H26N4O3/c29-21-13-31-20-10-16(6-7-19(20)25-21)23(30)26-22-17-11-27-8-9-28(12-17)15-24(22,14-27)18-4-2-1-3-5-18/h1-7,10,17,22H,8-9,11-15H2,(H,25,29)(H,26,30)/t17?,22-,24?/m0/s1. The van der Waals surface area contributed by atoms with E-state index < -0.39 is 0 Å². The number of benzene rings is 2. The number of hydrogen-bond acceptors (Lipinski definition) is 5. The van der Waals surface area contributed by atoms with Gasteiger partial charge < -0.3 is 25.2 Å². The third kappa shape index (κ3) is 3.11. The Kier molecular flexibility index (Phi) is 4.30. The van der Waals surface area contributed by atoms with Gasteiger partial charge in [-0.25, -0.2) is 0 Å². The van der Waals surface area contributed by atoms with Crippen molar-refractivity contribution < 1.29 is 14.3 Å². The number of carbonyl (C=O) groups excluding carboxylic acids is 2. The van der Waals surface area contributed by atoms with E-state index in [-0.39, 0.29) is 29.9 Å². The summed E-state index contributed by atoms with van der Waals surface area (Å²) < 4.78 is 5.51. The van der Waals surface area contributed by atoms with Crippen LogP contribution in [0.1, 0.15) is 15.9 Å². The van der Waals surface area contributed by atoms with Crippen LogP contribution in [0.4, 0.5) is 5.69 Å². The quantitative estimate of drug-likeness (QED) is 0.787. The van der Waals surface area contributed by atoms with E-state index >= 15 is 0 Å². The molecule has 31 heavy (non-hydrogen) atoms. The maximum absolute atomic E-state index is 13.4. The highest BCUT2D eigenvalue weighted by atomic mass is 16.5. The first kappa shape index (κ1) is 18.8. The smallest absolute Gasteiger partial charge is 0.262 e. The lowest BCUT2D eigenvalue weighted by atomic mass is 9.64. The van der Waals surface area contributed by atoms with E-state index in [1.165, 1.54) is 5.56 Å². The number of ether oxygens (including phenoxy) is 1. The second-order valence-corrected chi connectivity index (χ2v) is 9.25. The number of anilines is 1.